The van der Waals surface area contributed by atoms with Crippen molar-refractivity contribution in [1.82, 2.24) is 0 Å². The van der Waals surface area contributed by atoms with Crippen LogP contribution in [0.4, 0.5) is 0 Å². The minimum Gasteiger partial charge on any atom is -0.463 e. The molecule has 8 aromatic rings. The zero-order valence-electron chi connectivity index (χ0n) is 42.8. The summed E-state index contributed by atoms with van der Waals surface area (Å²) in [6.07, 6.45) is 0.991. The lowest BCUT2D eigenvalue weighted by atomic mass is 10.0. The fourth-order valence-corrected chi connectivity index (χ4v) is 18.9. The number of fused-ring (bicyclic) bond motifs is 1. The van der Waals surface area contributed by atoms with E-state index in [4.69, 9.17) is 56.8 Å². The zero-order valence-corrected chi connectivity index (χ0v) is 44.6. The molecular weight excluding hydrogens is 975 g/mol. The quantitative estimate of drug-likeness (QED) is 0.0344. The maximum Gasteiger partial charge on any atom is 0.188 e. The lowest BCUT2D eigenvalue weighted by Crippen LogP contribution is -2.36. The summed E-state index contributed by atoms with van der Waals surface area (Å²) in [7, 11) is 3.64. The van der Waals surface area contributed by atoms with Crippen molar-refractivity contribution in [2.24, 2.45) is 0 Å². The van der Waals surface area contributed by atoms with Crippen molar-refractivity contribution < 1.29 is 56.8 Å². The number of benzene rings is 8. The average Bonchev–Trinajstić information content (AvgIpc) is 3.46. The van der Waals surface area contributed by atoms with Gasteiger partial charge in [-0.25, -0.2) is 0 Å². The van der Waals surface area contributed by atoms with Crippen LogP contribution in [0.5, 0.6) is 34.5 Å². The Bertz CT molecular complexity index is 2610. The van der Waals surface area contributed by atoms with Gasteiger partial charge in [-0.2, -0.15) is 0 Å². The van der Waals surface area contributed by atoms with Crippen LogP contribution in [0, 0.1) is 0 Å². The fraction of sp³-hybridized carbons (Fsp3) is 0.233. The SMILES string of the molecule is COCOc1ccccc1[P+](Cc1cccc2cccc(C[P+](c3ccccc3OCOC)(c3ccccc3OCOC)c3ccccc3OCOC)c12)(c1ccccc1OCOC)c1ccccc1OCOC. The van der Waals surface area contributed by atoms with Crippen molar-refractivity contribution in [1.29, 1.82) is 0 Å². The van der Waals surface area contributed by atoms with Crippen molar-refractivity contribution in [3.05, 3.63) is 193 Å². The van der Waals surface area contributed by atoms with Gasteiger partial charge in [-0.1, -0.05) is 109 Å². The maximum atomic E-state index is 6.57. The molecule has 0 N–H and O–H groups in total. The van der Waals surface area contributed by atoms with E-state index in [0.29, 0.717) is 46.8 Å². The van der Waals surface area contributed by atoms with Gasteiger partial charge in [0, 0.05) is 42.7 Å². The third kappa shape index (κ3) is 11.5. The van der Waals surface area contributed by atoms with Crippen molar-refractivity contribution in [3.8, 4) is 34.5 Å². The summed E-state index contributed by atoms with van der Waals surface area (Å²) in [4.78, 5) is 0. The minimum absolute atomic E-state index is 0.0333. The van der Waals surface area contributed by atoms with Crippen LogP contribution in [0.2, 0.25) is 0 Å². The molecule has 74 heavy (non-hydrogen) atoms. The highest BCUT2D eigenvalue weighted by Crippen LogP contribution is 2.66. The van der Waals surface area contributed by atoms with Crippen molar-refractivity contribution in [2.45, 2.75) is 12.3 Å². The van der Waals surface area contributed by atoms with Crippen molar-refractivity contribution in [2.75, 3.05) is 83.4 Å². The summed E-state index contributed by atoms with van der Waals surface area (Å²) in [6, 6.07) is 62.4. The van der Waals surface area contributed by atoms with E-state index < -0.39 is 14.5 Å². The zero-order chi connectivity index (χ0) is 51.6. The normalized spacial score (nSPS) is 11.6. The van der Waals surface area contributed by atoms with Crippen molar-refractivity contribution >= 4 is 57.1 Å². The predicted molar refractivity (Wildman–Crippen MR) is 297 cm³/mol. The van der Waals surface area contributed by atoms with Crippen LogP contribution in [0.15, 0.2) is 182 Å². The summed E-state index contributed by atoms with van der Waals surface area (Å²) < 4.78 is 72.9. The summed E-state index contributed by atoms with van der Waals surface area (Å²) >= 11 is 0. The molecule has 8 aromatic carbocycles. The Hall–Kier alpha value is -6.56. The molecule has 384 valence electrons. The molecule has 0 aliphatic heterocycles. The van der Waals surface area contributed by atoms with Gasteiger partial charge in [-0.15, -0.1) is 0 Å². The van der Waals surface area contributed by atoms with Crippen LogP contribution >= 0.6 is 14.5 Å². The molecule has 0 radical (unpaired) electrons. The third-order valence-electron chi connectivity index (χ3n) is 12.5. The van der Waals surface area contributed by atoms with E-state index in [-0.39, 0.29) is 40.8 Å². The van der Waals surface area contributed by atoms with Gasteiger partial charge in [-0.3, -0.25) is 0 Å². The second kappa shape index (κ2) is 26.6. The third-order valence-corrected chi connectivity index (χ3v) is 21.3. The highest BCUT2D eigenvalue weighted by atomic mass is 31.2. The molecule has 14 heteroatoms. The van der Waals surface area contributed by atoms with Gasteiger partial charge < -0.3 is 56.8 Å². The number of rotatable bonds is 28. The monoisotopic (exact) mass is 1040 g/mol. The van der Waals surface area contributed by atoms with Crippen molar-refractivity contribution in [3.63, 3.8) is 0 Å². The summed E-state index contributed by atoms with van der Waals surface area (Å²) in [6.45, 7) is 0.200. The Morgan fingerprint density at radius 3 is 0.689 bits per heavy atom. The second-order valence-corrected chi connectivity index (χ2v) is 23.7. The number of para-hydroxylation sites is 6. The lowest BCUT2D eigenvalue weighted by Gasteiger charge is -2.33. The molecule has 0 unspecified atom stereocenters. The molecule has 0 amide bonds. The van der Waals surface area contributed by atoms with Crippen LogP contribution in [-0.4, -0.2) is 83.4 Å². The molecule has 0 heterocycles. The molecule has 0 fully saturated rings. The van der Waals surface area contributed by atoms with Gasteiger partial charge in [0.2, 0.25) is 0 Å². The van der Waals surface area contributed by atoms with Gasteiger partial charge in [0.25, 0.3) is 0 Å². The van der Waals surface area contributed by atoms with Gasteiger partial charge in [0.1, 0.15) is 46.4 Å². The summed E-state index contributed by atoms with van der Waals surface area (Å²) in [5.74, 6) is 4.02. The van der Waals surface area contributed by atoms with Crippen LogP contribution in [0.25, 0.3) is 10.8 Å². The molecular formula is C60H64O12P2+2. The summed E-state index contributed by atoms with van der Waals surface area (Å²) in [5.41, 5.74) is 2.18. The first-order valence-corrected chi connectivity index (χ1v) is 28.0. The van der Waals surface area contributed by atoms with Crippen LogP contribution in [-0.2, 0) is 40.7 Å². The van der Waals surface area contributed by atoms with Gasteiger partial charge in [-0.05, 0) is 94.7 Å². The Labute approximate surface area is 435 Å². The smallest absolute Gasteiger partial charge is 0.188 e. The Morgan fingerprint density at radius 1 is 0.257 bits per heavy atom. The molecule has 12 nitrogen and oxygen atoms in total. The maximum absolute atomic E-state index is 6.57. The van der Waals surface area contributed by atoms with E-state index in [0.717, 1.165) is 53.7 Å². The predicted octanol–water partition coefficient (Wildman–Crippen LogP) is 9.72. The lowest BCUT2D eigenvalue weighted by molar-refractivity contribution is 0.0513. The van der Waals surface area contributed by atoms with E-state index in [2.05, 4.69) is 109 Å². The molecule has 0 aliphatic carbocycles. The molecule has 0 aromatic heterocycles. The highest BCUT2D eigenvalue weighted by Gasteiger charge is 2.54. The van der Waals surface area contributed by atoms with E-state index in [9.17, 15) is 0 Å². The number of hydrogen-bond acceptors (Lipinski definition) is 12. The van der Waals surface area contributed by atoms with E-state index >= 15 is 0 Å². The van der Waals surface area contributed by atoms with Crippen LogP contribution in [0.1, 0.15) is 11.1 Å². The molecule has 0 bridgehead atoms. The molecule has 0 aliphatic rings. The van der Waals surface area contributed by atoms with Gasteiger partial charge in [0.15, 0.2) is 75.3 Å². The molecule has 8 rings (SSSR count). The molecule has 0 saturated carbocycles. The molecule has 0 saturated heterocycles. The van der Waals surface area contributed by atoms with Gasteiger partial charge in [0.05, 0.1) is 12.3 Å². The van der Waals surface area contributed by atoms with E-state index in [1.54, 1.807) is 42.7 Å². The van der Waals surface area contributed by atoms with Crippen LogP contribution in [0.3, 0.4) is 0 Å². The Kier molecular flexibility index (Phi) is 19.3. The van der Waals surface area contributed by atoms with Crippen LogP contribution < -0.4 is 60.2 Å². The standard InChI is InChI=1S/C60H64O12P2/c1-61-39-67-48-25-7-13-31-54(48)73(55-32-14-8-26-49(55)68-40-62-2,56-33-15-9-27-50(56)69-41-63-3)37-46-23-19-21-45-22-20-24-47(60(45)46)38-74(57-34-16-10-28-51(57)70-42-64-4,58-35-17-11-29-52(58)71-43-65-5)59-36-18-12-30-53(59)72-44-66-6/h7-36H,37-44H2,1-6H3/q+2. The Balaban J connectivity index is 1.50. The molecule has 0 atom stereocenters. The van der Waals surface area contributed by atoms with E-state index in [1.807, 2.05) is 72.8 Å². The Morgan fingerprint density at radius 2 is 0.473 bits per heavy atom. The number of ether oxygens (including phenoxy) is 12. The second-order valence-electron chi connectivity index (χ2n) is 17.0. The first-order chi connectivity index (χ1) is 36.5. The van der Waals surface area contributed by atoms with Gasteiger partial charge >= 0.3 is 0 Å². The topological polar surface area (TPSA) is 111 Å². The number of methoxy groups -OCH3 is 6. The molecule has 0 spiro atoms. The largest absolute Gasteiger partial charge is 0.463 e. The number of hydrogen-bond donors (Lipinski definition) is 0. The van der Waals surface area contributed by atoms with E-state index in [1.165, 1.54) is 0 Å². The summed E-state index contributed by atoms with van der Waals surface area (Å²) in [5, 5.41) is 7.94. The first kappa shape index (κ1) is 53.7. The fourth-order valence-electron chi connectivity index (χ4n) is 9.67. The highest BCUT2D eigenvalue weighted by molar-refractivity contribution is 7.96. The first-order valence-electron chi connectivity index (χ1n) is 24.0. The average molecular weight is 1040 g/mol. The minimum atomic E-state index is -3.05.